The van der Waals surface area contributed by atoms with Gasteiger partial charge in [-0.3, -0.25) is 10.9 Å². The lowest BCUT2D eigenvalue weighted by Gasteiger charge is -2.30. The molecule has 1 aliphatic heterocycles. The Morgan fingerprint density at radius 3 is 2.80 bits per heavy atom. The van der Waals surface area contributed by atoms with Crippen molar-refractivity contribution in [3.8, 4) is 0 Å². The topological polar surface area (TPSA) is 73.4 Å². The number of aliphatic carboxylic acids is 1. The maximum atomic E-state index is 10.9. The number of hydrazine groups is 1. The summed E-state index contributed by atoms with van der Waals surface area (Å²) in [5.41, 5.74) is 5.73. The summed E-state index contributed by atoms with van der Waals surface area (Å²) in [6, 6.07) is 0.370. The predicted octanol–water partition coefficient (Wildman–Crippen LogP) is 0.613. The van der Waals surface area contributed by atoms with Crippen LogP contribution in [0.2, 0.25) is 0 Å². The van der Waals surface area contributed by atoms with E-state index in [0.29, 0.717) is 16.9 Å². The average Bonchev–Trinajstić information content (AvgIpc) is 2.11. The summed E-state index contributed by atoms with van der Waals surface area (Å²) in [6.45, 7) is 0. The van der Waals surface area contributed by atoms with Gasteiger partial charge >= 0.3 is 5.97 Å². The van der Waals surface area contributed by atoms with Crippen LogP contribution in [0.25, 0.3) is 0 Å². The van der Waals surface area contributed by atoms with E-state index in [1.165, 1.54) is 6.42 Å². The van der Waals surface area contributed by atoms with Gasteiger partial charge in [0.25, 0.3) is 0 Å². The molecule has 2 aliphatic rings. The quantitative estimate of drug-likeness (QED) is 0.534. The van der Waals surface area contributed by atoms with Crippen LogP contribution in [-0.2, 0) is 4.79 Å². The molecule has 0 saturated heterocycles. The second-order valence-corrected chi connectivity index (χ2v) is 4.02. The predicted molar refractivity (Wildman–Crippen MR) is 55.6 cm³/mol. The minimum absolute atomic E-state index is 0.103. The Morgan fingerprint density at radius 2 is 2.27 bits per heavy atom. The monoisotopic (exact) mass is 229 g/mol. The van der Waals surface area contributed by atoms with E-state index in [4.69, 9.17) is 16.7 Å². The summed E-state index contributed by atoms with van der Waals surface area (Å²) in [4.78, 5) is 10.9. The van der Waals surface area contributed by atoms with E-state index in [9.17, 15) is 4.79 Å². The van der Waals surface area contributed by atoms with Crippen LogP contribution in [0.5, 0.6) is 0 Å². The summed E-state index contributed by atoms with van der Waals surface area (Å²) < 4.78 is 0. The number of hydrogen-bond acceptors (Lipinski definition) is 4. The number of halogens is 1. The van der Waals surface area contributed by atoms with E-state index in [0.717, 1.165) is 12.8 Å². The largest absolute Gasteiger partial charge is 0.476 e. The van der Waals surface area contributed by atoms with E-state index in [2.05, 4.69) is 16.2 Å². The van der Waals surface area contributed by atoms with E-state index in [1.807, 2.05) is 0 Å². The van der Waals surface area contributed by atoms with Crippen molar-refractivity contribution in [2.45, 2.75) is 25.3 Å². The molecule has 0 radical (unpaired) electrons. The van der Waals surface area contributed by atoms with Crippen LogP contribution < -0.4 is 16.2 Å². The number of carbonyl (C=O) groups is 1. The number of hydrogen-bond donors (Lipinski definition) is 4. The molecule has 0 aromatic carbocycles. The Balaban J connectivity index is 2.16. The van der Waals surface area contributed by atoms with Crippen LogP contribution in [0.4, 0.5) is 0 Å². The Morgan fingerprint density at radius 1 is 1.53 bits per heavy atom. The average molecular weight is 230 g/mol. The maximum absolute atomic E-state index is 10.9. The normalized spacial score (nSPS) is 21.0. The molecule has 0 unspecified atom stereocenters. The molecule has 0 amide bonds. The first-order chi connectivity index (χ1) is 7.16. The molecule has 0 aromatic heterocycles. The van der Waals surface area contributed by atoms with Gasteiger partial charge in [0.05, 0.1) is 5.70 Å². The number of rotatable bonds is 3. The SMILES string of the molecule is O=C(O)C1=C(NC2CCC2)C=C(Cl)NN1. The number of carboxylic acids is 1. The Kier molecular flexibility index (Phi) is 2.73. The van der Waals surface area contributed by atoms with Crippen LogP contribution in [0.1, 0.15) is 19.3 Å². The molecule has 1 heterocycles. The summed E-state index contributed by atoms with van der Waals surface area (Å²) in [6.07, 6.45) is 4.93. The van der Waals surface area contributed by atoms with Gasteiger partial charge in [0.2, 0.25) is 0 Å². The maximum Gasteiger partial charge on any atom is 0.355 e. The third-order valence-corrected chi connectivity index (χ3v) is 2.73. The van der Waals surface area contributed by atoms with Gasteiger partial charge < -0.3 is 10.4 Å². The zero-order valence-electron chi connectivity index (χ0n) is 8.01. The molecule has 5 nitrogen and oxygen atoms in total. The van der Waals surface area contributed by atoms with Crippen molar-refractivity contribution >= 4 is 17.6 Å². The smallest absolute Gasteiger partial charge is 0.355 e. The Labute approximate surface area is 92.1 Å². The highest BCUT2D eigenvalue weighted by atomic mass is 35.5. The first kappa shape index (κ1) is 10.2. The van der Waals surface area contributed by atoms with Crippen molar-refractivity contribution in [3.05, 3.63) is 22.6 Å². The molecule has 6 heteroatoms. The van der Waals surface area contributed by atoms with Crippen molar-refractivity contribution < 1.29 is 9.90 Å². The number of allylic oxidation sites excluding steroid dienone is 1. The molecule has 1 saturated carbocycles. The molecule has 1 fully saturated rings. The van der Waals surface area contributed by atoms with Crippen LogP contribution >= 0.6 is 11.6 Å². The van der Waals surface area contributed by atoms with E-state index in [1.54, 1.807) is 6.08 Å². The standard InChI is InChI=1S/C9H12ClN3O2/c10-7-4-6(11-5-2-1-3-5)8(9(14)15)13-12-7/h4-5,11-13H,1-3H2,(H,14,15). The minimum atomic E-state index is -1.01. The highest BCUT2D eigenvalue weighted by Gasteiger charge is 2.23. The molecule has 82 valence electrons. The van der Waals surface area contributed by atoms with Gasteiger partial charge in [0.15, 0.2) is 5.70 Å². The van der Waals surface area contributed by atoms with Crippen LogP contribution in [0.3, 0.4) is 0 Å². The van der Waals surface area contributed by atoms with Crippen LogP contribution in [0, 0.1) is 0 Å². The van der Waals surface area contributed by atoms with Crippen molar-refractivity contribution in [2.75, 3.05) is 0 Å². The highest BCUT2D eigenvalue weighted by molar-refractivity contribution is 6.29. The van der Waals surface area contributed by atoms with Gasteiger partial charge in [-0.2, -0.15) is 0 Å². The van der Waals surface area contributed by atoms with Crippen molar-refractivity contribution in [1.29, 1.82) is 0 Å². The number of nitrogens with one attached hydrogen (secondary N) is 3. The van der Waals surface area contributed by atoms with E-state index < -0.39 is 5.97 Å². The lowest BCUT2D eigenvalue weighted by atomic mass is 9.93. The van der Waals surface area contributed by atoms with Gasteiger partial charge in [0, 0.05) is 12.1 Å². The molecule has 0 spiro atoms. The minimum Gasteiger partial charge on any atom is -0.476 e. The van der Waals surface area contributed by atoms with Crippen molar-refractivity contribution in [3.63, 3.8) is 0 Å². The Bertz CT molecular complexity index is 347. The number of carboxylic acid groups (broad SMARTS) is 1. The van der Waals surface area contributed by atoms with Gasteiger partial charge in [0.1, 0.15) is 5.16 Å². The zero-order valence-corrected chi connectivity index (χ0v) is 8.77. The highest BCUT2D eigenvalue weighted by Crippen LogP contribution is 2.21. The lowest BCUT2D eigenvalue weighted by molar-refractivity contribution is -0.133. The third-order valence-electron chi connectivity index (χ3n) is 2.53. The second kappa shape index (κ2) is 4.02. The molecule has 0 bridgehead atoms. The fourth-order valence-corrected chi connectivity index (χ4v) is 1.64. The second-order valence-electron chi connectivity index (χ2n) is 3.61. The van der Waals surface area contributed by atoms with Crippen molar-refractivity contribution in [2.24, 2.45) is 0 Å². The van der Waals surface area contributed by atoms with Gasteiger partial charge in [-0.1, -0.05) is 11.6 Å². The Hall–Kier alpha value is -1.36. The summed E-state index contributed by atoms with van der Waals surface area (Å²) in [5, 5.41) is 12.5. The first-order valence-corrected chi connectivity index (χ1v) is 5.18. The molecular formula is C9H12ClN3O2. The van der Waals surface area contributed by atoms with Gasteiger partial charge in [-0.05, 0) is 19.3 Å². The fourth-order valence-electron chi connectivity index (χ4n) is 1.48. The molecular weight excluding hydrogens is 218 g/mol. The molecule has 1 aliphatic carbocycles. The van der Waals surface area contributed by atoms with E-state index >= 15 is 0 Å². The molecule has 15 heavy (non-hydrogen) atoms. The van der Waals surface area contributed by atoms with E-state index in [-0.39, 0.29) is 5.70 Å². The molecule has 0 atom stereocenters. The van der Waals surface area contributed by atoms with Crippen LogP contribution in [-0.4, -0.2) is 17.1 Å². The van der Waals surface area contributed by atoms with Crippen LogP contribution in [0.15, 0.2) is 22.6 Å². The summed E-state index contributed by atoms with van der Waals surface area (Å²) >= 11 is 5.75. The lowest BCUT2D eigenvalue weighted by Crippen LogP contribution is -2.42. The third kappa shape index (κ3) is 2.18. The summed E-state index contributed by atoms with van der Waals surface area (Å²) in [5.74, 6) is -1.01. The molecule has 0 aromatic rings. The van der Waals surface area contributed by atoms with Gasteiger partial charge in [-0.25, -0.2) is 4.79 Å². The molecule has 4 N–H and O–H groups in total. The fraction of sp³-hybridized carbons (Fsp3) is 0.444. The van der Waals surface area contributed by atoms with Gasteiger partial charge in [-0.15, -0.1) is 0 Å². The summed E-state index contributed by atoms with van der Waals surface area (Å²) in [7, 11) is 0. The molecule has 2 rings (SSSR count). The zero-order chi connectivity index (χ0) is 10.8. The van der Waals surface area contributed by atoms with Crippen molar-refractivity contribution in [1.82, 2.24) is 16.2 Å². The first-order valence-electron chi connectivity index (χ1n) is 4.80.